The summed E-state index contributed by atoms with van der Waals surface area (Å²) in [4.78, 5) is 20.0. The van der Waals surface area contributed by atoms with Crippen LogP contribution in [0.1, 0.15) is 41.2 Å². The molecule has 4 rings (SSSR count). The number of carbonyl (C=O) groups is 1. The van der Waals surface area contributed by atoms with Gasteiger partial charge in [0.1, 0.15) is 18.1 Å². The Bertz CT molecular complexity index is 1240. The van der Waals surface area contributed by atoms with Crippen LogP contribution in [0.15, 0.2) is 53.1 Å². The zero-order chi connectivity index (χ0) is 24.1. The van der Waals surface area contributed by atoms with Crippen LogP contribution in [0.3, 0.4) is 0 Å². The number of rotatable bonds is 10. The number of amides is 1. The molecule has 34 heavy (non-hydrogen) atoms. The number of fused-ring (bicyclic) bond motifs is 1. The first kappa shape index (κ1) is 23.5. The summed E-state index contributed by atoms with van der Waals surface area (Å²) in [6.07, 6.45) is 0. The number of aromatic nitrogens is 3. The summed E-state index contributed by atoms with van der Waals surface area (Å²) in [6.45, 7) is 12.0. The topological polar surface area (TPSA) is 85.4 Å². The van der Waals surface area contributed by atoms with Crippen LogP contribution in [0.5, 0.6) is 5.75 Å². The van der Waals surface area contributed by atoms with Gasteiger partial charge in [-0.15, -0.1) is 0 Å². The van der Waals surface area contributed by atoms with Crippen LogP contribution in [-0.2, 0) is 13.2 Å². The molecule has 0 fully saturated rings. The van der Waals surface area contributed by atoms with Crippen molar-refractivity contribution in [2.45, 2.75) is 40.8 Å². The van der Waals surface area contributed by atoms with Gasteiger partial charge in [-0.3, -0.25) is 10.1 Å². The predicted octanol–water partition coefficient (Wildman–Crippen LogP) is 4.81. The van der Waals surface area contributed by atoms with Crippen molar-refractivity contribution in [1.29, 1.82) is 0 Å². The van der Waals surface area contributed by atoms with E-state index in [1.54, 1.807) is 24.3 Å². The molecule has 0 atom stereocenters. The molecule has 0 aliphatic heterocycles. The molecule has 2 aromatic heterocycles. The third kappa shape index (κ3) is 5.12. The second kappa shape index (κ2) is 10.5. The molecule has 4 aromatic rings. The highest BCUT2D eigenvalue weighted by Crippen LogP contribution is 2.22. The molecule has 0 bridgehead atoms. The minimum absolute atomic E-state index is 0.211. The lowest BCUT2D eigenvalue weighted by Crippen LogP contribution is -2.27. The van der Waals surface area contributed by atoms with Gasteiger partial charge in [-0.05, 0) is 63.3 Å². The van der Waals surface area contributed by atoms with E-state index in [-0.39, 0.29) is 5.91 Å². The van der Waals surface area contributed by atoms with E-state index >= 15 is 0 Å². The second-order valence-corrected chi connectivity index (χ2v) is 8.17. The average Bonchev–Trinajstić information content (AvgIpc) is 3.37. The quantitative estimate of drug-likeness (QED) is 0.365. The van der Waals surface area contributed by atoms with Crippen molar-refractivity contribution in [1.82, 2.24) is 19.6 Å². The van der Waals surface area contributed by atoms with Crippen LogP contribution >= 0.6 is 0 Å². The smallest absolute Gasteiger partial charge is 0.257 e. The Labute approximate surface area is 199 Å². The number of aryl methyl sites for hydroxylation is 2. The van der Waals surface area contributed by atoms with Crippen molar-refractivity contribution >= 4 is 22.9 Å². The van der Waals surface area contributed by atoms with Gasteiger partial charge in [0.05, 0.1) is 22.3 Å². The fourth-order valence-corrected chi connectivity index (χ4v) is 3.92. The average molecular weight is 462 g/mol. The van der Waals surface area contributed by atoms with Crippen LogP contribution in [0.4, 0.5) is 5.95 Å². The van der Waals surface area contributed by atoms with Crippen molar-refractivity contribution < 1.29 is 14.1 Å². The van der Waals surface area contributed by atoms with Crippen LogP contribution in [0.25, 0.3) is 11.0 Å². The van der Waals surface area contributed by atoms with Crippen molar-refractivity contribution in [3.8, 4) is 5.75 Å². The summed E-state index contributed by atoms with van der Waals surface area (Å²) in [7, 11) is 0. The summed E-state index contributed by atoms with van der Waals surface area (Å²) >= 11 is 0. The van der Waals surface area contributed by atoms with Gasteiger partial charge in [-0.25, -0.2) is 4.98 Å². The van der Waals surface area contributed by atoms with Gasteiger partial charge >= 0.3 is 0 Å². The molecule has 0 unspecified atom stereocenters. The van der Waals surface area contributed by atoms with Crippen molar-refractivity contribution in [3.05, 3.63) is 71.1 Å². The Kier molecular flexibility index (Phi) is 7.27. The minimum atomic E-state index is -0.211. The molecule has 0 radical (unpaired) electrons. The first-order chi connectivity index (χ1) is 16.5. The van der Waals surface area contributed by atoms with Crippen LogP contribution in [0.2, 0.25) is 0 Å². The maximum Gasteiger partial charge on any atom is 0.257 e. The molecule has 8 heteroatoms. The number of hydrogen-bond donors (Lipinski definition) is 1. The van der Waals surface area contributed by atoms with Crippen molar-refractivity contribution in [3.63, 3.8) is 0 Å². The summed E-state index contributed by atoms with van der Waals surface area (Å²) in [6, 6.07) is 15.0. The standard InChI is InChI=1S/C26H31N5O3/c1-5-30(6-2)15-16-31-24-10-8-7-9-23(24)27-26(31)28-25(32)20-11-13-21(14-12-20)33-17-22-18(3)29-34-19(22)4/h7-14H,5-6,15-17H2,1-4H3,(H,27,28,32). The number of likely N-dealkylation sites (N-methyl/N-ethyl adjacent to an activating group) is 1. The zero-order valence-corrected chi connectivity index (χ0v) is 20.2. The number of ether oxygens (including phenoxy) is 1. The fourth-order valence-electron chi connectivity index (χ4n) is 3.92. The van der Waals surface area contributed by atoms with E-state index in [1.807, 2.05) is 38.1 Å². The first-order valence-corrected chi connectivity index (χ1v) is 11.6. The lowest BCUT2D eigenvalue weighted by Gasteiger charge is -2.19. The third-order valence-corrected chi connectivity index (χ3v) is 6.10. The largest absolute Gasteiger partial charge is 0.489 e. The number of anilines is 1. The summed E-state index contributed by atoms with van der Waals surface area (Å²) in [5.74, 6) is 1.76. The predicted molar refractivity (Wildman–Crippen MR) is 132 cm³/mol. The number of nitrogens with zero attached hydrogens (tertiary/aromatic N) is 4. The summed E-state index contributed by atoms with van der Waals surface area (Å²) < 4.78 is 13.1. The summed E-state index contributed by atoms with van der Waals surface area (Å²) in [5, 5.41) is 6.94. The van der Waals surface area contributed by atoms with Gasteiger partial charge < -0.3 is 18.7 Å². The number of para-hydroxylation sites is 2. The zero-order valence-electron chi connectivity index (χ0n) is 20.2. The Morgan fingerprint density at radius 1 is 1.09 bits per heavy atom. The summed E-state index contributed by atoms with van der Waals surface area (Å²) in [5.41, 5.74) is 4.16. The van der Waals surface area contributed by atoms with Gasteiger partial charge in [0, 0.05) is 18.7 Å². The second-order valence-electron chi connectivity index (χ2n) is 8.17. The number of carbonyl (C=O) groups excluding carboxylic acids is 1. The fraction of sp³-hybridized carbons (Fsp3) is 0.346. The van der Waals surface area contributed by atoms with E-state index in [9.17, 15) is 4.79 Å². The van der Waals surface area contributed by atoms with E-state index in [0.717, 1.165) is 54.2 Å². The van der Waals surface area contributed by atoms with Crippen LogP contribution in [0, 0.1) is 13.8 Å². The Morgan fingerprint density at radius 3 is 2.50 bits per heavy atom. The molecule has 0 spiro atoms. The van der Waals surface area contributed by atoms with E-state index < -0.39 is 0 Å². The van der Waals surface area contributed by atoms with E-state index in [4.69, 9.17) is 9.26 Å². The molecule has 0 saturated heterocycles. The highest BCUT2D eigenvalue weighted by Gasteiger charge is 2.15. The molecule has 2 heterocycles. The van der Waals surface area contributed by atoms with E-state index in [0.29, 0.717) is 23.9 Å². The first-order valence-electron chi connectivity index (χ1n) is 11.6. The SMILES string of the molecule is CCN(CC)CCn1c(NC(=O)c2ccc(OCc3c(C)noc3C)cc2)nc2ccccc21. The molecular formula is C26H31N5O3. The highest BCUT2D eigenvalue weighted by molar-refractivity contribution is 6.04. The molecule has 0 aliphatic carbocycles. The molecule has 1 N–H and O–H groups in total. The third-order valence-electron chi connectivity index (χ3n) is 6.10. The number of imidazole rings is 1. The lowest BCUT2D eigenvalue weighted by atomic mass is 10.2. The molecule has 0 saturated carbocycles. The Balaban J connectivity index is 1.46. The van der Waals surface area contributed by atoms with E-state index in [1.165, 1.54) is 0 Å². The highest BCUT2D eigenvalue weighted by atomic mass is 16.5. The van der Waals surface area contributed by atoms with E-state index in [2.05, 4.69) is 38.8 Å². The number of benzene rings is 2. The monoisotopic (exact) mass is 461 g/mol. The number of nitrogens with one attached hydrogen (secondary N) is 1. The van der Waals surface area contributed by atoms with Gasteiger partial charge in [0.2, 0.25) is 5.95 Å². The maximum absolute atomic E-state index is 13.0. The number of hydrogen-bond acceptors (Lipinski definition) is 6. The molecule has 0 aliphatic rings. The Hall–Kier alpha value is -3.65. The molecule has 2 aromatic carbocycles. The molecular weight excluding hydrogens is 430 g/mol. The van der Waals surface area contributed by atoms with Gasteiger partial charge in [-0.2, -0.15) is 0 Å². The van der Waals surface area contributed by atoms with Gasteiger partial charge in [-0.1, -0.05) is 31.1 Å². The van der Waals surface area contributed by atoms with Crippen molar-refractivity contribution in [2.24, 2.45) is 0 Å². The lowest BCUT2D eigenvalue weighted by molar-refractivity contribution is 0.102. The van der Waals surface area contributed by atoms with Gasteiger partial charge in [0.25, 0.3) is 5.91 Å². The normalized spacial score (nSPS) is 11.3. The molecule has 178 valence electrons. The van der Waals surface area contributed by atoms with Gasteiger partial charge in [0.15, 0.2) is 0 Å². The van der Waals surface area contributed by atoms with Crippen LogP contribution in [-0.4, -0.2) is 45.1 Å². The minimum Gasteiger partial charge on any atom is -0.489 e. The van der Waals surface area contributed by atoms with Crippen LogP contribution < -0.4 is 10.1 Å². The van der Waals surface area contributed by atoms with Crippen molar-refractivity contribution in [2.75, 3.05) is 25.0 Å². The molecule has 8 nitrogen and oxygen atoms in total. The Morgan fingerprint density at radius 2 is 1.82 bits per heavy atom. The molecule has 1 amide bonds. The maximum atomic E-state index is 13.0.